The summed E-state index contributed by atoms with van der Waals surface area (Å²) in [4.78, 5) is 21.3. The molecule has 2 aromatic carbocycles. The predicted molar refractivity (Wildman–Crippen MR) is 103 cm³/mol. The Balaban J connectivity index is 1.86. The summed E-state index contributed by atoms with van der Waals surface area (Å²) >= 11 is 7.10. The van der Waals surface area contributed by atoms with E-state index in [4.69, 9.17) is 11.6 Å². The summed E-state index contributed by atoms with van der Waals surface area (Å²) in [5.41, 5.74) is 2.45. The van der Waals surface area contributed by atoms with Gasteiger partial charge in [0.25, 0.3) is 0 Å². The van der Waals surface area contributed by atoms with Gasteiger partial charge in [0.15, 0.2) is 11.6 Å². The Morgan fingerprint density at radius 2 is 1.81 bits per heavy atom. The van der Waals surface area contributed by atoms with Crippen molar-refractivity contribution in [3.8, 4) is 17.5 Å². The van der Waals surface area contributed by atoms with Crippen LogP contribution in [-0.2, 0) is 0 Å². The van der Waals surface area contributed by atoms with E-state index in [0.29, 0.717) is 32.7 Å². The number of rotatable bonds is 5. The van der Waals surface area contributed by atoms with E-state index in [1.807, 2.05) is 30.3 Å². The van der Waals surface area contributed by atoms with Crippen molar-refractivity contribution in [1.82, 2.24) is 9.97 Å². The van der Waals surface area contributed by atoms with Gasteiger partial charge in [0.1, 0.15) is 16.7 Å². The van der Waals surface area contributed by atoms with Gasteiger partial charge in [-0.05, 0) is 31.2 Å². The lowest BCUT2D eigenvalue weighted by Gasteiger charge is -2.08. The molecular formula is C20H14ClN3OS. The van der Waals surface area contributed by atoms with Crippen molar-refractivity contribution in [3.63, 3.8) is 0 Å². The number of nitrogens with zero attached hydrogens (tertiary/aromatic N) is 3. The summed E-state index contributed by atoms with van der Waals surface area (Å²) in [5.74, 6) is 0.678. The van der Waals surface area contributed by atoms with E-state index in [-0.39, 0.29) is 11.5 Å². The summed E-state index contributed by atoms with van der Waals surface area (Å²) in [6.07, 6.45) is 0. The van der Waals surface area contributed by atoms with Crippen molar-refractivity contribution < 1.29 is 4.79 Å². The first-order valence-corrected chi connectivity index (χ1v) is 9.20. The van der Waals surface area contributed by atoms with E-state index < -0.39 is 0 Å². The van der Waals surface area contributed by atoms with Gasteiger partial charge in [0.2, 0.25) is 0 Å². The molecule has 0 saturated heterocycles. The first-order chi connectivity index (χ1) is 12.6. The summed E-state index contributed by atoms with van der Waals surface area (Å²) in [6.45, 7) is 1.78. The third-order valence-electron chi connectivity index (χ3n) is 3.71. The van der Waals surface area contributed by atoms with Gasteiger partial charge in [-0.15, -0.1) is 0 Å². The van der Waals surface area contributed by atoms with E-state index in [0.717, 1.165) is 5.56 Å². The molecule has 3 rings (SSSR count). The maximum Gasteiger partial charge on any atom is 0.173 e. The van der Waals surface area contributed by atoms with Crippen LogP contribution in [-0.4, -0.2) is 21.5 Å². The molecule has 0 bridgehead atoms. The maximum absolute atomic E-state index is 12.4. The SMILES string of the molecule is Cc1nc(-c2ccccc2)nc(SCC(=O)c2ccc(Cl)cc2)c1C#N. The highest BCUT2D eigenvalue weighted by Gasteiger charge is 2.15. The molecule has 1 aromatic heterocycles. The number of thioether (sulfide) groups is 1. The smallest absolute Gasteiger partial charge is 0.173 e. The van der Waals surface area contributed by atoms with Crippen LogP contribution in [0.5, 0.6) is 0 Å². The number of benzene rings is 2. The minimum atomic E-state index is -0.0481. The van der Waals surface area contributed by atoms with Crippen molar-refractivity contribution >= 4 is 29.1 Å². The fourth-order valence-electron chi connectivity index (χ4n) is 2.35. The fourth-order valence-corrected chi connectivity index (χ4v) is 3.40. The van der Waals surface area contributed by atoms with E-state index >= 15 is 0 Å². The summed E-state index contributed by atoms with van der Waals surface area (Å²) in [5, 5.41) is 10.5. The molecule has 0 N–H and O–H groups in total. The summed E-state index contributed by atoms with van der Waals surface area (Å²) in [7, 11) is 0. The molecule has 0 radical (unpaired) electrons. The Morgan fingerprint density at radius 1 is 1.12 bits per heavy atom. The first-order valence-electron chi connectivity index (χ1n) is 7.84. The predicted octanol–water partition coefficient (Wildman–Crippen LogP) is 4.95. The monoisotopic (exact) mass is 379 g/mol. The summed E-state index contributed by atoms with van der Waals surface area (Å²) < 4.78 is 0. The maximum atomic E-state index is 12.4. The van der Waals surface area contributed by atoms with Gasteiger partial charge in [-0.1, -0.05) is 53.7 Å². The molecule has 0 fully saturated rings. The first kappa shape index (κ1) is 18.1. The van der Waals surface area contributed by atoms with Gasteiger partial charge in [-0.3, -0.25) is 4.79 Å². The molecule has 3 aromatic rings. The number of halogens is 1. The summed E-state index contributed by atoms with van der Waals surface area (Å²) in [6, 6.07) is 18.4. The second-order valence-corrected chi connectivity index (χ2v) is 6.91. The Bertz CT molecular complexity index is 982. The Morgan fingerprint density at radius 3 is 2.46 bits per heavy atom. The van der Waals surface area contributed by atoms with E-state index in [1.54, 1.807) is 31.2 Å². The minimum absolute atomic E-state index is 0.0481. The molecule has 26 heavy (non-hydrogen) atoms. The molecule has 0 amide bonds. The molecule has 128 valence electrons. The van der Waals surface area contributed by atoms with Crippen LogP contribution in [0.2, 0.25) is 5.02 Å². The van der Waals surface area contributed by atoms with Crippen molar-refractivity contribution in [1.29, 1.82) is 5.26 Å². The lowest BCUT2D eigenvalue weighted by Crippen LogP contribution is -2.05. The Labute approximate surface area is 160 Å². The number of nitriles is 1. The van der Waals surface area contributed by atoms with Gasteiger partial charge in [0.05, 0.1) is 11.4 Å². The molecular weight excluding hydrogens is 366 g/mol. The van der Waals surface area contributed by atoms with E-state index in [2.05, 4.69) is 16.0 Å². The van der Waals surface area contributed by atoms with Crippen LogP contribution in [0.1, 0.15) is 21.6 Å². The third kappa shape index (κ3) is 4.10. The van der Waals surface area contributed by atoms with Gasteiger partial charge < -0.3 is 0 Å². The average molecular weight is 380 g/mol. The van der Waals surface area contributed by atoms with Crippen LogP contribution < -0.4 is 0 Å². The van der Waals surface area contributed by atoms with E-state index in [1.165, 1.54) is 11.8 Å². The van der Waals surface area contributed by atoms with E-state index in [9.17, 15) is 10.1 Å². The standard InChI is InChI=1S/C20H14ClN3OS/c1-13-17(11-22)20(24-19(23-13)15-5-3-2-4-6-15)26-12-18(25)14-7-9-16(21)10-8-14/h2-10H,12H2,1H3. The highest BCUT2D eigenvalue weighted by atomic mass is 35.5. The van der Waals surface area contributed by atoms with Crippen molar-refractivity contribution in [3.05, 3.63) is 76.4 Å². The van der Waals surface area contributed by atoms with Crippen LogP contribution >= 0.6 is 23.4 Å². The largest absolute Gasteiger partial charge is 0.293 e. The molecule has 0 aliphatic rings. The van der Waals surface area contributed by atoms with Crippen molar-refractivity contribution in [2.24, 2.45) is 0 Å². The normalized spacial score (nSPS) is 10.3. The zero-order valence-electron chi connectivity index (χ0n) is 13.9. The Kier molecular flexibility index (Phi) is 5.67. The van der Waals surface area contributed by atoms with Crippen LogP contribution in [0.15, 0.2) is 59.6 Å². The molecule has 1 heterocycles. The molecule has 0 unspecified atom stereocenters. The number of carbonyl (C=O) groups is 1. The van der Waals surface area contributed by atoms with Crippen LogP contribution in [0.25, 0.3) is 11.4 Å². The molecule has 0 aliphatic heterocycles. The van der Waals surface area contributed by atoms with Crippen molar-refractivity contribution in [2.45, 2.75) is 11.9 Å². The molecule has 0 spiro atoms. The molecule has 4 nitrogen and oxygen atoms in total. The zero-order valence-corrected chi connectivity index (χ0v) is 15.5. The number of aryl methyl sites for hydroxylation is 1. The third-order valence-corrected chi connectivity index (χ3v) is 4.93. The van der Waals surface area contributed by atoms with Crippen LogP contribution in [0.3, 0.4) is 0 Å². The molecule has 0 atom stereocenters. The van der Waals surface area contributed by atoms with Crippen LogP contribution in [0.4, 0.5) is 0 Å². The highest BCUT2D eigenvalue weighted by Crippen LogP contribution is 2.26. The number of carbonyl (C=O) groups excluding carboxylic acids is 1. The quantitative estimate of drug-likeness (QED) is 0.356. The average Bonchev–Trinajstić information content (AvgIpc) is 2.67. The highest BCUT2D eigenvalue weighted by molar-refractivity contribution is 8.00. The topological polar surface area (TPSA) is 66.6 Å². The van der Waals surface area contributed by atoms with Crippen LogP contribution in [0, 0.1) is 18.3 Å². The number of aromatic nitrogens is 2. The van der Waals surface area contributed by atoms with Gasteiger partial charge in [-0.2, -0.15) is 5.26 Å². The van der Waals surface area contributed by atoms with Gasteiger partial charge >= 0.3 is 0 Å². The molecule has 6 heteroatoms. The second kappa shape index (κ2) is 8.13. The van der Waals surface area contributed by atoms with Crippen molar-refractivity contribution in [2.75, 3.05) is 5.75 Å². The lowest BCUT2D eigenvalue weighted by molar-refractivity contribution is 0.102. The van der Waals surface area contributed by atoms with Gasteiger partial charge in [0, 0.05) is 16.1 Å². The molecule has 0 saturated carbocycles. The van der Waals surface area contributed by atoms with Gasteiger partial charge in [-0.25, -0.2) is 9.97 Å². The molecule has 0 aliphatic carbocycles. The lowest BCUT2D eigenvalue weighted by atomic mass is 10.1. The Hall–Kier alpha value is -2.68. The fraction of sp³-hybridized carbons (Fsp3) is 0.100. The second-order valence-electron chi connectivity index (χ2n) is 5.51. The number of ketones is 1. The minimum Gasteiger partial charge on any atom is -0.293 e. The zero-order chi connectivity index (χ0) is 18.5. The number of Topliss-reactive ketones (excluding diaryl/α,β-unsaturated/α-hetero) is 1. The number of hydrogen-bond acceptors (Lipinski definition) is 5. The number of hydrogen-bond donors (Lipinski definition) is 0.